The van der Waals surface area contributed by atoms with Crippen molar-refractivity contribution >= 4 is 0 Å². The van der Waals surface area contributed by atoms with Crippen molar-refractivity contribution in [3.63, 3.8) is 0 Å². The van der Waals surface area contributed by atoms with E-state index in [4.69, 9.17) is 0 Å². The molecule has 0 bridgehead atoms. The molecular weight excluding hydrogens is 228 g/mol. The zero-order valence-electron chi connectivity index (χ0n) is 14.3. The Hall–Kier alpha value is -0.780. The van der Waals surface area contributed by atoms with Gasteiger partial charge in [0.2, 0.25) is 0 Å². The number of aryl methyl sites for hydroxylation is 2. The quantitative estimate of drug-likeness (QED) is 0.512. The Morgan fingerprint density at radius 2 is 1.05 bits per heavy atom. The standard InChI is InChI=1S/C10H14.C6H14.C3H8/c1-3-9-6-5-7-10(4-2)8-9;1-3-5-6-4-2;1-3-2/h5-8H,3-4H2,1-2H3;3-6H2,1-2H3;3H2,1-2H3. The van der Waals surface area contributed by atoms with E-state index in [0.717, 1.165) is 12.8 Å². The van der Waals surface area contributed by atoms with Gasteiger partial charge < -0.3 is 0 Å². The molecule has 1 aromatic carbocycles. The van der Waals surface area contributed by atoms with Gasteiger partial charge in [0, 0.05) is 0 Å². The molecule has 19 heavy (non-hydrogen) atoms. The van der Waals surface area contributed by atoms with Crippen molar-refractivity contribution in [3.8, 4) is 0 Å². The van der Waals surface area contributed by atoms with Crippen LogP contribution in [0.5, 0.6) is 0 Å². The second-order valence-electron chi connectivity index (χ2n) is 4.94. The van der Waals surface area contributed by atoms with Gasteiger partial charge in [0.05, 0.1) is 0 Å². The van der Waals surface area contributed by atoms with Crippen LogP contribution in [0.15, 0.2) is 24.3 Å². The van der Waals surface area contributed by atoms with E-state index in [0.29, 0.717) is 0 Å². The van der Waals surface area contributed by atoms with E-state index in [2.05, 4.69) is 65.8 Å². The SMILES string of the molecule is CCC.CCCCCC.CCc1cccc(CC)c1. The summed E-state index contributed by atoms with van der Waals surface area (Å²) in [4.78, 5) is 0. The molecular formula is C19H36. The normalized spacial score (nSPS) is 8.95. The van der Waals surface area contributed by atoms with Crippen LogP contribution in [-0.2, 0) is 12.8 Å². The van der Waals surface area contributed by atoms with Crippen LogP contribution < -0.4 is 0 Å². The van der Waals surface area contributed by atoms with Crippen molar-refractivity contribution in [3.05, 3.63) is 35.4 Å². The summed E-state index contributed by atoms with van der Waals surface area (Å²) in [7, 11) is 0. The van der Waals surface area contributed by atoms with Crippen LogP contribution in [0, 0.1) is 0 Å². The monoisotopic (exact) mass is 264 g/mol. The molecule has 112 valence electrons. The lowest BCUT2D eigenvalue weighted by Crippen LogP contribution is -1.83. The summed E-state index contributed by atoms with van der Waals surface area (Å²) in [6.45, 7) is 13.1. The van der Waals surface area contributed by atoms with E-state index < -0.39 is 0 Å². The zero-order valence-corrected chi connectivity index (χ0v) is 14.3. The molecule has 0 saturated heterocycles. The Labute approximate surface area is 122 Å². The second-order valence-corrected chi connectivity index (χ2v) is 4.94. The highest BCUT2D eigenvalue weighted by Gasteiger charge is 1.89. The topological polar surface area (TPSA) is 0 Å². The van der Waals surface area contributed by atoms with Crippen molar-refractivity contribution < 1.29 is 0 Å². The van der Waals surface area contributed by atoms with Crippen LogP contribution in [0.1, 0.15) is 84.8 Å². The molecule has 0 aliphatic rings. The fourth-order valence-electron chi connectivity index (χ4n) is 1.57. The first-order chi connectivity index (χ1) is 9.19. The molecule has 0 spiro atoms. The van der Waals surface area contributed by atoms with Crippen LogP contribution in [0.2, 0.25) is 0 Å². The van der Waals surface area contributed by atoms with E-state index >= 15 is 0 Å². The lowest BCUT2D eigenvalue weighted by molar-refractivity contribution is 0.702. The number of unbranched alkanes of at least 4 members (excludes halogenated alkanes) is 3. The van der Waals surface area contributed by atoms with Crippen molar-refractivity contribution in [1.82, 2.24) is 0 Å². The molecule has 1 rings (SSSR count). The fourth-order valence-corrected chi connectivity index (χ4v) is 1.57. The van der Waals surface area contributed by atoms with Gasteiger partial charge in [0.25, 0.3) is 0 Å². The molecule has 0 unspecified atom stereocenters. The Balaban J connectivity index is 0. The maximum atomic E-state index is 2.28. The molecule has 0 nitrogen and oxygen atoms in total. The first-order valence-corrected chi connectivity index (χ1v) is 8.27. The summed E-state index contributed by atoms with van der Waals surface area (Å²) in [5.74, 6) is 0. The Morgan fingerprint density at radius 3 is 1.32 bits per heavy atom. The third-order valence-electron chi connectivity index (χ3n) is 2.76. The van der Waals surface area contributed by atoms with E-state index in [1.165, 1.54) is 43.2 Å². The van der Waals surface area contributed by atoms with E-state index in [9.17, 15) is 0 Å². The number of hydrogen-bond donors (Lipinski definition) is 0. The molecule has 0 aliphatic carbocycles. The van der Waals surface area contributed by atoms with Gasteiger partial charge in [0.15, 0.2) is 0 Å². The largest absolute Gasteiger partial charge is 0.0656 e. The van der Waals surface area contributed by atoms with Crippen molar-refractivity contribution in [2.45, 2.75) is 86.5 Å². The fraction of sp³-hybridized carbons (Fsp3) is 0.684. The predicted molar refractivity (Wildman–Crippen MR) is 91.0 cm³/mol. The molecule has 0 amide bonds. The van der Waals surface area contributed by atoms with Crippen LogP contribution >= 0.6 is 0 Å². The van der Waals surface area contributed by atoms with Gasteiger partial charge in [-0.1, -0.05) is 97.9 Å². The highest BCUT2D eigenvalue weighted by atomic mass is 14.0. The lowest BCUT2D eigenvalue weighted by Gasteiger charge is -1.98. The summed E-state index contributed by atoms with van der Waals surface area (Å²) >= 11 is 0. The summed E-state index contributed by atoms with van der Waals surface area (Å²) in [6, 6.07) is 8.77. The van der Waals surface area contributed by atoms with Gasteiger partial charge in [0.1, 0.15) is 0 Å². The summed E-state index contributed by atoms with van der Waals surface area (Å²) in [6.07, 6.45) is 9.08. The van der Waals surface area contributed by atoms with E-state index in [-0.39, 0.29) is 0 Å². The molecule has 0 fully saturated rings. The molecule has 0 saturated carbocycles. The first-order valence-electron chi connectivity index (χ1n) is 8.27. The minimum absolute atomic E-state index is 1.15. The van der Waals surface area contributed by atoms with Gasteiger partial charge >= 0.3 is 0 Å². The highest BCUT2D eigenvalue weighted by molar-refractivity contribution is 5.23. The highest BCUT2D eigenvalue weighted by Crippen LogP contribution is 2.05. The molecule has 0 atom stereocenters. The van der Waals surface area contributed by atoms with Crippen molar-refractivity contribution in [2.75, 3.05) is 0 Å². The third kappa shape index (κ3) is 15.2. The average molecular weight is 264 g/mol. The number of hydrogen-bond acceptors (Lipinski definition) is 0. The minimum atomic E-state index is 1.15. The first kappa shape index (κ1) is 20.5. The summed E-state index contributed by atoms with van der Waals surface area (Å²) < 4.78 is 0. The molecule has 0 heteroatoms. The second kappa shape index (κ2) is 17.2. The van der Waals surface area contributed by atoms with Gasteiger partial charge in [-0.05, 0) is 24.0 Å². The van der Waals surface area contributed by atoms with Crippen molar-refractivity contribution in [1.29, 1.82) is 0 Å². The van der Waals surface area contributed by atoms with Crippen LogP contribution in [0.4, 0.5) is 0 Å². The average Bonchev–Trinajstić information content (AvgIpc) is 2.46. The predicted octanol–water partition coefficient (Wildman–Crippen LogP) is 6.81. The molecule has 0 N–H and O–H groups in total. The van der Waals surface area contributed by atoms with Gasteiger partial charge in [-0.25, -0.2) is 0 Å². The van der Waals surface area contributed by atoms with E-state index in [1.807, 2.05) is 0 Å². The lowest BCUT2D eigenvalue weighted by atomic mass is 10.1. The Kier molecular flexibility index (Phi) is 18.6. The van der Waals surface area contributed by atoms with Crippen LogP contribution in [0.3, 0.4) is 0 Å². The number of rotatable bonds is 5. The summed E-state index contributed by atoms with van der Waals surface area (Å²) in [5, 5.41) is 0. The minimum Gasteiger partial charge on any atom is -0.0656 e. The number of benzene rings is 1. The van der Waals surface area contributed by atoms with Gasteiger partial charge in [-0.15, -0.1) is 0 Å². The van der Waals surface area contributed by atoms with E-state index in [1.54, 1.807) is 0 Å². The van der Waals surface area contributed by atoms with Crippen molar-refractivity contribution in [2.24, 2.45) is 0 Å². The molecule has 1 aromatic rings. The van der Waals surface area contributed by atoms with Crippen LogP contribution in [0.25, 0.3) is 0 Å². The molecule has 0 heterocycles. The maximum absolute atomic E-state index is 2.28. The Bertz CT molecular complexity index is 239. The maximum Gasteiger partial charge on any atom is -0.0307 e. The zero-order chi connectivity index (χ0) is 14.9. The van der Waals surface area contributed by atoms with Crippen LogP contribution in [-0.4, -0.2) is 0 Å². The summed E-state index contributed by atoms with van der Waals surface area (Å²) in [5.41, 5.74) is 2.89. The van der Waals surface area contributed by atoms with Gasteiger partial charge in [-0.3, -0.25) is 0 Å². The molecule has 0 radical (unpaired) electrons. The molecule has 0 aliphatic heterocycles. The Morgan fingerprint density at radius 1 is 0.684 bits per heavy atom. The smallest absolute Gasteiger partial charge is 0.0307 e. The van der Waals surface area contributed by atoms with Gasteiger partial charge in [-0.2, -0.15) is 0 Å². The molecule has 0 aromatic heterocycles. The third-order valence-corrected chi connectivity index (χ3v) is 2.76.